The molecule has 0 aliphatic carbocycles. The maximum Gasteiger partial charge on any atom is 0.387 e. The molecule has 0 aromatic heterocycles. The quantitative estimate of drug-likeness (QED) is 0.837. The Morgan fingerprint density at radius 2 is 1.89 bits per heavy atom. The summed E-state index contributed by atoms with van der Waals surface area (Å²) in [7, 11) is 1.60. The Bertz CT molecular complexity index is 759. The first-order valence-electron chi connectivity index (χ1n) is 8.29. The summed E-state index contributed by atoms with van der Waals surface area (Å²) < 4.78 is 34.3. The van der Waals surface area contributed by atoms with Gasteiger partial charge in [-0.15, -0.1) is 12.4 Å². The van der Waals surface area contributed by atoms with Crippen molar-refractivity contribution >= 4 is 18.3 Å². The number of rotatable bonds is 5. The molecule has 0 radical (unpaired) electrons. The number of amides is 1. The predicted octanol–water partition coefficient (Wildman–Crippen LogP) is 3.51. The standard InChI is InChI=1S/C19H20F2N2O3.ClH/c1-25-17-5-3-2-4-15(17)16-12-22-10-11-23(16)18(24)13-6-8-14(9-7-13)26-19(20)21;/h2-9,16,19,22H,10-12H2,1H3;1H. The monoisotopic (exact) mass is 398 g/mol. The number of nitrogens with zero attached hydrogens (tertiary/aromatic N) is 1. The van der Waals surface area contributed by atoms with Crippen LogP contribution in [0.4, 0.5) is 8.78 Å². The van der Waals surface area contributed by atoms with Crippen molar-refractivity contribution in [2.24, 2.45) is 0 Å². The third kappa shape index (κ3) is 4.87. The molecule has 1 unspecified atom stereocenters. The van der Waals surface area contributed by atoms with Crippen LogP contribution in [0, 0.1) is 0 Å². The fraction of sp³-hybridized carbons (Fsp3) is 0.316. The second-order valence-electron chi connectivity index (χ2n) is 5.86. The molecule has 146 valence electrons. The highest BCUT2D eigenvalue weighted by atomic mass is 35.5. The molecule has 2 aromatic carbocycles. The summed E-state index contributed by atoms with van der Waals surface area (Å²) in [5, 5.41) is 3.30. The van der Waals surface area contributed by atoms with Crippen LogP contribution in [-0.2, 0) is 0 Å². The molecular weight excluding hydrogens is 378 g/mol. The summed E-state index contributed by atoms with van der Waals surface area (Å²) in [4.78, 5) is 14.8. The molecule has 0 saturated carbocycles. The van der Waals surface area contributed by atoms with Crippen LogP contribution >= 0.6 is 12.4 Å². The van der Waals surface area contributed by atoms with Crippen molar-refractivity contribution in [3.63, 3.8) is 0 Å². The molecule has 1 aliphatic rings. The smallest absolute Gasteiger partial charge is 0.387 e. The predicted molar refractivity (Wildman–Crippen MR) is 100.0 cm³/mol. The van der Waals surface area contributed by atoms with Gasteiger partial charge >= 0.3 is 6.61 Å². The lowest BCUT2D eigenvalue weighted by Gasteiger charge is -2.37. The Morgan fingerprint density at radius 3 is 2.56 bits per heavy atom. The molecule has 1 amide bonds. The summed E-state index contributed by atoms with van der Waals surface area (Å²) >= 11 is 0. The molecule has 3 rings (SSSR count). The molecule has 2 aromatic rings. The van der Waals surface area contributed by atoms with E-state index < -0.39 is 6.61 Å². The molecule has 8 heteroatoms. The van der Waals surface area contributed by atoms with E-state index in [-0.39, 0.29) is 30.1 Å². The maximum absolute atomic E-state index is 13.0. The lowest BCUT2D eigenvalue weighted by atomic mass is 10.0. The molecular formula is C19H21ClF2N2O3. The Kier molecular flexibility index (Phi) is 7.38. The number of hydrogen-bond acceptors (Lipinski definition) is 4. The van der Waals surface area contributed by atoms with Crippen LogP contribution in [0.15, 0.2) is 48.5 Å². The largest absolute Gasteiger partial charge is 0.496 e. The zero-order valence-electron chi connectivity index (χ0n) is 14.7. The van der Waals surface area contributed by atoms with Crippen molar-refractivity contribution in [2.45, 2.75) is 12.7 Å². The topological polar surface area (TPSA) is 50.8 Å². The number of alkyl halides is 2. The number of methoxy groups -OCH3 is 1. The number of hydrogen-bond donors (Lipinski definition) is 1. The molecule has 27 heavy (non-hydrogen) atoms. The normalized spacial score (nSPS) is 16.6. The van der Waals surface area contributed by atoms with E-state index in [0.29, 0.717) is 25.2 Å². The zero-order valence-corrected chi connectivity index (χ0v) is 15.5. The van der Waals surface area contributed by atoms with Gasteiger partial charge in [-0.2, -0.15) is 8.78 Å². The highest BCUT2D eigenvalue weighted by Crippen LogP contribution is 2.31. The van der Waals surface area contributed by atoms with E-state index in [1.807, 2.05) is 24.3 Å². The minimum Gasteiger partial charge on any atom is -0.496 e. The lowest BCUT2D eigenvalue weighted by Crippen LogP contribution is -2.48. The van der Waals surface area contributed by atoms with Crippen LogP contribution in [0.25, 0.3) is 0 Å². The van der Waals surface area contributed by atoms with Gasteiger partial charge in [-0.25, -0.2) is 0 Å². The third-order valence-electron chi connectivity index (χ3n) is 4.33. The average Bonchev–Trinajstić information content (AvgIpc) is 2.67. The van der Waals surface area contributed by atoms with Crippen LogP contribution in [0.3, 0.4) is 0 Å². The number of benzene rings is 2. The number of piperazine rings is 1. The van der Waals surface area contributed by atoms with Gasteiger partial charge in [0, 0.05) is 30.8 Å². The number of carbonyl (C=O) groups is 1. The Labute approximate surface area is 162 Å². The summed E-state index contributed by atoms with van der Waals surface area (Å²) in [5.41, 5.74) is 1.35. The second kappa shape index (κ2) is 9.53. The van der Waals surface area contributed by atoms with Crippen LogP contribution in [0.2, 0.25) is 0 Å². The van der Waals surface area contributed by atoms with E-state index >= 15 is 0 Å². The highest BCUT2D eigenvalue weighted by molar-refractivity contribution is 5.94. The Hall–Kier alpha value is -2.38. The van der Waals surface area contributed by atoms with E-state index in [4.69, 9.17) is 4.74 Å². The minimum atomic E-state index is -2.89. The number of nitrogens with one attached hydrogen (secondary N) is 1. The van der Waals surface area contributed by atoms with Crippen molar-refractivity contribution in [2.75, 3.05) is 26.7 Å². The second-order valence-corrected chi connectivity index (χ2v) is 5.86. The van der Waals surface area contributed by atoms with E-state index in [2.05, 4.69) is 10.1 Å². The van der Waals surface area contributed by atoms with Gasteiger partial charge in [-0.3, -0.25) is 4.79 Å². The van der Waals surface area contributed by atoms with Gasteiger partial charge in [0.25, 0.3) is 5.91 Å². The molecule has 1 aliphatic heterocycles. The molecule has 1 fully saturated rings. The van der Waals surface area contributed by atoms with Gasteiger partial charge in [-0.05, 0) is 30.3 Å². The fourth-order valence-electron chi connectivity index (χ4n) is 3.11. The highest BCUT2D eigenvalue weighted by Gasteiger charge is 2.30. The molecule has 1 heterocycles. The van der Waals surface area contributed by atoms with E-state index in [9.17, 15) is 13.6 Å². The van der Waals surface area contributed by atoms with Crippen molar-refractivity contribution < 1.29 is 23.0 Å². The number of para-hydroxylation sites is 1. The van der Waals surface area contributed by atoms with Crippen LogP contribution in [0.5, 0.6) is 11.5 Å². The minimum absolute atomic E-state index is 0. The van der Waals surface area contributed by atoms with Gasteiger partial charge in [0.05, 0.1) is 13.2 Å². The van der Waals surface area contributed by atoms with Crippen LogP contribution < -0.4 is 14.8 Å². The van der Waals surface area contributed by atoms with Gasteiger partial charge < -0.3 is 19.7 Å². The molecule has 0 spiro atoms. The van der Waals surface area contributed by atoms with Gasteiger partial charge in [0.15, 0.2) is 0 Å². The lowest BCUT2D eigenvalue weighted by molar-refractivity contribution is -0.0498. The number of halogens is 3. The maximum atomic E-state index is 13.0. The molecule has 1 N–H and O–H groups in total. The summed E-state index contributed by atoms with van der Waals surface area (Å²) in [5.74, 6) is 0.587. The third-order valence-corrected chi connectivity index (χ3v) is 4.33. The molecule has 1 saturated heterocycles. The average molecular weight is 399 g/mol. The number of ether oxygens (including phenoxy) is 2. The number of carbonyl (C=O) groups excluding carboxylic acids is 1. The zero-order chi connectivity index (χ0) is 18.5. The van der Waals surface area contributed by atoms with E-state index in [0.717, 1.165) is 11.3 Å². The van der Waals surface area contributed by atoms with Crippen molar-refractivity contribution in [1.29, 1.82) is 0 Å². The van der Waals surface area contributed by atoms with Crippen LogP contribution in [-0.4, -0.2) is 44.2 Å². The first-order chi connectivity index (χ1) is 12.6. The Morgan fingerprint density at radius 1 is 1.19 bits per heavy atom. The van der Waals surface area contributed by atoms with Crippen molar-refractivity contribution in [3.05, 3.63) is 59.7 Å². The van der Waals surface area contributed by atoms with Crippen molar-refractivity contribution in [3.8, 4) is 11.5 Å². The summed E-state index contributed by atoms with van der Waals surface area (Å²) in [6, 6.07) is 13.2. The van der Waals surface area contributed by atoms with Gasteiger partial charge in [0.2, 0.25) is 0 Å². The van der Waals surface area contributed by atoms with Crippen LogP contribution in [0.1, 0.15) is 22.0 Å². The summed E-state index contributed by atoms with van der Waals surface area (Å²) in [6.45, 7) is -1.06. The first kappa shape index (κ1) is 20.9. The molecule has 1 atom stereocenters. The summed E-state index contributed by atoms with van der Waals surface area (Å²) in [6.07, 6.45) is 0. The molecule has 0 bridgehead atoms. The Balaban J connectivity index is 0.00000261. The SMILES string of the molecule is COc1ccccc1C1CNCCN1C(=O)c1ccc(OC(F)F)cc1.Cl. The first-order valence-corrected chi connectivity index (χ1v) is 8.29. The van der Waals surface area contributed by atoms with Gasteiger partial charge in [-0.1, -0.05) is 18.2 Å². The molecule has 5 nitrogen and oxygen atoms in total. The van der Waals surface area contributed by atoms with Crippen molar-refractivity contribution in [1.82, 2.24) is 10.2 Å². The van der Waals surface area contributed by atoms with E-state index in [1.165, 1.54) is 24.3 Å². The van der Waals surface area contributed by atoms with E-state index in [1.54, 1.807) is 12.0 Å². The van der Waals surface area contributed by atoms with Gasteiger partial charge in [0.1, 0.15) is 11.5 Å². The fourth-order valence-corrected chi connectivity index (χ4v) is 3.11.